The van der Waals surface area contributed by atoms with E-state index in [9.17, 15) is 0 Å². The number of rotatable bonds is 0. The van der Waals surface area contributed by atoms with Gasteiger partial charge < -0.3 is 30.9 Å². The van der Waals surface area contributed by atoms with E-state index in [-0.39, 0.29) is 42.2 Å². The van der Waals surface area contributed by atoms with Crippen molar-refractivity contribution in [2.24, 2.45) is 0 Å². The van der Waals surface area contributed by atoms with Gasteiger partial charge in [-0.05, 0) is 0 Å². The summed E-state index contributed by atoms with van der Waals surface area (Å²) >= 11 is 0. The molecule has 0 heterocycles. The van der Waals surface area contributed by atoms with Crippen LogP contribution in [-0.2, 0) is 17.4 Å². The quantitative estimate of drug-likeness (QED) is 0.398. The van der Waals surface area contributed by atoms with Crippen molar-refractivity contribution in [3.63, 3.8) is 0 Å². The molecule has 0 unspecified atom stereocenters. The molecule has 0 amide bonds. The van der Waals surface area contributed by atoms with Crippen molar-refractivity contribution >= 4 is 0 Å². The van der Waals surface area contributed by atoms with E-state index < -0.39 is 0 Å². The van der Waals surface area contributed by atoms with Crippen LogP contribution in [0.15, 0.2) is 36.4 Å². The van der Waals surface area contributed by atoms with Crippen molar-refractivity contribution in [1.82, 2.24) is 0 Å². The molecule has 0 spiro atoms. The molecule has 0 nitrogen and oxygen atoms in total. The van der Waals surface area contributed by atoms with Crippen LogP contribution in [0.1, 0.15) is 6.42 Å². The fraction of sp³-hybridized carbons (Fsp3) is 0.125. The third-order valence-corrected chi connectivity index (χ3v) is 0.760. The van der Waals surface area contributed by atoms with Gasteiger partial charge in [-0.1, -0.05) is 0 Å². The standard InChI is InChI=1S/C5H5.C3H3.2ClH.Cr/c1-2-4-5-3-1;1-2-3-1;;;/h1-5H;1H,2H2;2*1H;/q2*-1;;;+4/p-2. The minimum absolute atomic E-state index is 0. The molecule has 0 saturated heterocycles. The van der Waals surface area contributed by atoms with Gasteiger partial charge in [0, 0.05) is 0 Å². The van der Waals surface area contributed by atoms with E-state index in [4.69, 9.17) is 0 Å². The molecule has 0 N–H and O–H groups in total. The van der Waals surface area contributed by atoms with Gasteiger partial charge in [0.25, 0.3) is 0 Å². The summed E-state index contributed by atoms with van der Waals surface area (Å²) in [4.78, 5) is 0. The van der Waals surface area contributed by atoms with Crippen molar-refractivity contribution in [3.8, 4) is 0 Å². The number of hydrogen-bond acceptors (Lipinski definition) is 0. The first-order valence-corrected chi connectivity index (χ1v) is 2.72. The van der Waals surface area contributed by atoms with E-state index in [1.165, 1.54) is 0 Å². The van der Waals surface area contributed by atoms with Crippen LogP contribution in [0.3, 0.4) is 0 Å². The minimum Gasteiger partial charge on any atom is -1.00 e. The van der Waals surface area contributed by atoms with Crippen LogP contribution in [-0.4, -0.2) is 0 Å². The zero-order valence-corrected chi connectivity index (χ0v) is 8.62. The molecule has 1 aliphatic carbocycles. The Hall–Kier alpha value is 0.202. The molecular weight excluding hydrogens is 219 g/mol. The predicted octanol–water partition coefficient (Wildman–Crippen LogP) is -3.84. The second kappa shape index (κ2) is 12.8. The van der Waals surface area contributed by atoms with E-state index in [0.717, 1.165) is 6.42 Å². The van der Waals surface area contributed by atoms with Gasteiger partial charge in [0.1, 0.15) is 0 Å². The van der Waals surface area contributed by atoms with Crippen LogP contribution in [0.2, 0.25) is 0 Å². The first kappa shape index (κ1) is 17.3. The monoisotopic (exact) mass is 226 g/mol. The average molecular weight is 227 g/mol. The van der Waals surface area contributed by atoms with Crippen molar-refractivity contribution in [1.29, 1.82) is 0 Å². The van der Waals surface area contributed by atoms with Gasteiger partial charge in [0.2, 0.25) is 0 Å². The van der Waals surface area contributed by atoms with Gasteiger partial charge in [-0.3, -0.25) is 6.08 Å². The zero-order chi connectivity index (χ0) is 5.66. The predicted molar refractivity (Wildman–Crippen MR) is 34.5 cm³/mol. The molecule has 0 radical (unpaired) electrons. The Kier molecular flexibility index (Phi) is 20.2. The number of allylic oxidation sites excluding steroid dienone is 2. The van der Waals surface area contributed by atoms with E-state index in [0.29, 0.717) is 0 Å². The number of hydrogen-bond donors (Lipinski definition) is 0. The molecule has 3 heteroatoms. The Morgan fingerprint density at radius 2 is 1.45 bits per heavy atom. The first-order chi connectivity index (χ1) is 4.00. The largest absolute Gasteiger partial charge is 4.00 e. The summed E-state index contributed by atoms with van der Waals surface area (Å²) in [5.41, 5.74) is 0. The molecular formula is C8H8Cl2Cr. The molecule has 60 valence electrons. The molecule has 1 aliphatic rings. The summed E-state index contributed by atoms with van der Waals surface area (Å²) in [5.74, 6) is 0. The van der Waals surface area contributed by atoms with Crippen molar-refractivity contribution in [3.05, 3.63) is 42.5 Å². The molecule has 1 aromatic rings. The minimum atomic E-state index is 0. The fourth-order valence-electron chi connectivity index (χ4n) is 0.321. The summed E-state index contributed by atoms with van der Waals surface area (Å²) in [7, 11) is 0. The first-order valence-electron chi connectivity index (χ1n) is 2.72. The molecule has 0 atom stereocenters. The van der Waals surface area contributed by atoms with Crippen molar-refractivity contribution in [2.45, 2.75) is 6.42 Å². The fourth-order valence-corrected chi connectivity index (χ4v) is 0.321. The third-order valence-electron chi connectivity index (χ3n) is 0.760. The maximum absolute atomic E-state index is 2.88. The van der Waals surface area contributed by atoms with Crippen LogP contribution in [0.25, 0.3) is 0 Å². The molecule has 0 bridgehead atoms. The van der Waals surface area contributed by atoms with Crippen LogP contribution < -0.4 is 24.8 Å². The molecule has 2 rings (SSSR count). The van der Waals surface area contributed by atoms with Crippen molar-refractivity contribution < 1.29 is 42.2 Å². The maximum atomic E-state index is 2.88. The van der Waals surface area contributed by atoms with Crippen LogP contribution >= 0.6 is 0 Å². The summed E-state index contributed by atoms with van der Waals surface area (Å²) in [6.07, 6.45) is 6.00. The average Bonchev–Trinajstić information content (AvgIpc) is 2.55. The second-order valence-corrected chi connectivity index (χ2v) is 1.57. The Balaban J connectivity index is -0.0000000967. The van der Waals surface area contributed by atoms with Gasteiger partial charge in [-0.25, -0.2) is 18.6 Å². The normalized spacial score (nSPS) is 8.73. The topological polar surface area (TPSA) is 0 Å². The number of halogens is 2. The Bertz CT molecular complexity index is 126. The van der Waals surface area contributed by atoms with Crippen LogP contribution in [0, 0.1) is 6.08 Å². The Morgan fingerprint density at radius 3 is 1.55 bits per heavy atom. The van der Waals surface area contributed by atoms with Crippen molar-refractivity contribution in [2.75, 3.05) is 0 Å². The molecule has 11 heavy (non-hydrogen) atoms. The van der Waals surface area contributed by atoms with E-state index >= 15 is 0 Å². The molecule has 1 aromatic carbocycles. The second-order valence-electron chi connectivity index (χ2n) is 1.57. The van der Waals surface area contributed by atoms with Gasteiger partial charge in [0.05, 0.1) is 0 Å². The summed E-state index contributed by atoms with van der Waals surface area (Å²) in [6.45, 7) is 0. The van der Waals surface area contributed by atoms with Gasteiger partial charge in [0.15, 0.2) is 0 Å². The third kappa shape index (κ3) is 17.8. The van der Waals surface area contributed by atoms with E-state index in [2.05, 4.69) is 6.08 Å². The van der Waals surface area contributed by atoms with Crippen LogP contribution in [0.4, 0.5) is 0 Å². The molecule has 0 aliphatic heterocycles. The van der Waals surface area contributed by atoms with Gasteiger partial charge in [-0.15, -0.1) is 0 Å². The molecule has 0 saturated carbocycles. The van der Waals surface area contributed by atoms with Gasteiger partial charge in [-0.2, -0.15) is 18.2 Å². The van der Waals surface area contributed by atoms with Crippen LogP contribution in [0.5, 0.6) is 0 Å². The molecule has 0 aromatic heterocycles. The Labute approximate surface area is 91.0 Å². The maximum Gasteiger partial charge on any atom is 4.00 e. The zero-order valence-electron chi connectivity index (χ0n) is 5.84. The summed E-state index contributed by atoms with van der Waals surface area (Å²) < 4.78 is 0. The van der Waals surface area contributed by atoms with E-state index in [1.54, 1.807) is 0 Å². The van der Waals surface area contributed by atoms with Gasteiger partial charge >= 0.3 is 17.4 Å². The SMILES string of the molecule is [C-]1=CC1.[Cl-].[Cl-].[Cr+4].c1cc[cH-]c1. The smallest absolute Gasteiger partial charge is 1.00 e. The summed E-state index contributed by atoms with van der Waals surface area (Å²) in [6, 6.07) is 10.0. The van der Waals surface area contributed by atoms with E-state index in [1.807, 2.05) is 36.4 Å². The summed E-state index contributed by atoms with van der Waals surface area (Å²) in [5, 5.41) is 0. The molecule has 0 fully saturated rings. The Morgan fingerprint density at radius 1 is 1.09 bits per heavy atom.